The van der Waals surface area contributed by atoms with Gasteiger partial charge in [0.25, 0.3) is 0 Å². The number of hydrogen-bond donors (Lipinski definition) is 0. The molecular weight excluding hydrogens is 441 g/mol. The van der Waals surface area contributed by atoms with Crippen LogP contribution in [0.25, 0.3) is 5.69 Å². The summed E-state index contributed by atoms with van der Waals surface area (Å²) in [6.45, 7) is 6.09. The zero-order valence-corrected chi connectivity index (χ0v) is 20.2. The molecule has 1 aromatic heterocycles. The number of benzene rings is 2. The molecule has 0 unspecified atom stereocenters. The van der Waals surface area contributed by atoms with Crippen LogP contribution in [-0.4, -0.2) is 40.6 Å². The maximum atomic E-state index is 12.5. The van der Waals surface area contributed by atoms with Gasteiger partial charge < -0.3 is 0 Å². The Labute approximate surface area is 194 Å². The van der Waals surface area contributed by atoms with Gasteiger partial charge in [-0.1, -0.05) is 41.6 Å². The average Bonchev–Trinajstić information content (AvgIpc) is 3.25. The summed E-state index contributed by atoms with van der Waals surface area (Å²) in [6, 6.07) is 15.6. The molecule has 3 aromatic rings. The summed E-state index contributed by atoms with van der Waals surface area (Å²) in [5, 5.41) is 8.28. The molecule has 0 saturated carbocycles. The van der Waals surface area contributed by atoms with Gasteiger partial charge in [-0.05, 0) is 49.6 Å². The second-order valence-electron chi connectivity index (χ2n) is 7.51. The second-order valence-corrected chi connectivity index (χ2v) is 9.17. The molecular formula is C24H30N3O5P. The lowest BCUT2D eigenvalue weighted by atomic mass is 9.99. The van der Waals surface area contributed by atoms with Crippen LogP contribution >= 0.6 is 7.82 Å². The van der Waals surface area contributed by atoms with Crippen LogP contribution in [0.3, 0.4) is 0 Å². The van der Waals surface area contributed by atoms with E-state index in [0.29, 0.717) is 25.0 Å². The minimum atomic E-state index is -3.53. The molecule has 33 heavy (non-hydrogen) atoms. The standard InChI is InChI=1S/C24H30N3O5P/c1-4-30-33(29,31-5-2)32-15-14-22-18-27(26-25-22)23-12-10-20(11-13-23)16-24(28)17-21-9-7-6-8-19(21)3/h6-13,18H,4-5,14-17H2,1-3H3. The van der Waals surface area contributed by atoms with Crippen molar-refractivity contribution < 1.29 is 22.9 Å². The minimum absolute atomic E-state index is 0.137. The number of aryl methyl sites for hydroxylation is 1. The van der Waals surface area contributed by atoms with E-state index in [9.17, 15) is 9.36 Å². The van der Waals surface area contributed by atoms with Crippen molar-refractivity contribution in [2.75, 3.05) is 19.8 Å². The number of ketones is 1. The van der Waals surface area contributed by atoms with Crippen molar-refractivity contribution in [3.05, 3.63) is 77.1 Å². The highest BCUT2D eigenvalue weighted by molar-refractivity contribution is 7.48. The molecule has 0 fully saturated rings. The summed E-state index contributed by atoms with van der Waals surface area (Å²) in [5.41, 5.74) is 4.67. The fourth-order valence-electron chi connectivity index (χ4n) is 3.31. The highest BCUT2D eigenvalue weighted by Gasteiger charge is 2.25. The largest absolute Gasteiger partial charge is 0.474 e. The van der Waals surface area contributed by atoms with Gasteiger partial charge in [0.2, 0.25) is 0 Å². The smallest absolute Gasteiger partial charge is 0.299 e. The molecule has 0 saturated heterocycles. The SMILES string of the molecule is CCOP(=O)(OCC)OCCc1cn(-c2ccc(CC(=O)Cc3ccccc3C)cc2)nn1. The van der Waals surface area contributed by atoms with Crippen LogP contribution < -0.4 is 0 Å². The van der Waals surface area contributed by atoms with Crippen LogP contribution in [0.2, 0.25) is 0 Å². The minimum Gasteiger partial charge on any atom is -0.299 e. The molecule has 1 heterocycles. The number of phosphoric acid groups is 1. The molecule has 0 aliphatic heterocycles. The van der Waals surface area contributed by atoms with E-state index in [-0.39, 0.29) is 25.6 Å². The molecule has 8 nitrogen and oxygen atoms in total. The van der Waals surface area contributed by atoms with E-state index in [0.717, 1.165) is 22.4 Å². The Morgan fingerprint density at radius 3 is 2.33 bits per heavy atom. The van der Waals surface area contributed by atoms with Crippen LogP contribution in [-0.2, 0) is 42.2 Å². The Bertz CT molecular complexity index is 1090. The van der Waals surface area contributed by atoms with Gasteiger partial charge in [0.05, 0.1) is 37.4 Å². The van der Waals surface area contributed by atoms with E-state index >= 15 is 0 Å². The summed E-state index contributed by atoms with van der Waals surface area (Å²) in [7, 11) is -3.53. The van der Waals surface area contributed by atoms with Crippen molar-refractivity contribution >= 4 is 13.6 Å². The molecule has 0 aliphatic carbocycles. The van der Waals surface area contributed by atoms with Crippen molar-refractivity contribution in [3.8, 4) is 5.69 Å². The third-order valence-corrected chi connectivity index (χ3v) is 6.62. The first-order valence-corrected chi connectivity index (χ1v) is 12.5. The van der Waals surface area contributed by atoms with Crippen molar-refractivity contribution in [1.82, 2.24) is 15.0 Å². The summed E-state index contributed by atoms with van der Waals surface area (Å²) >= 11 is 0. The summed E-state index contributed by atoms with van der Waals surface area (Å²) in [4.78, 5) is 12.5. The zero-order valence-electron chi connectivity index (χ0n) is 19.3. The lowest BCUT2D eigenvalue weighted by Crippen LogP contribution is -2.07. The Kier molecular flexibility index (Phi) is 9.09. The van der Waals surface area contributed by atoms with Crippen molar-refractivity contribution in [1.29, 1.82) is 0 Å². The summed E-state index contributed by atoms with van der Waals surface area (Å²) < 4.78 is 29.5. The number of phosphoric ester groups is 1. The van der Waals surface area contributed by atoms with Gasteiger partial charge >= 0.3 is 7.82 Å². The third-order valence-electron chi connectivity index (χ3n) is 4.97. The molecule has 0 spiro atoms. The number of carbonyl (C=O) groups is 1. The number of carbonyl (C=O) groups excluding carboxylic acids is 1. The molecule has 2 aromatic carbocycles. The van der Waals surface area contributed by atoms with Crippen LogP contribution in [0, 0.1) is 6.92 Å². The Hall–Kier alpha value is -2.64. The number of Topliss-reactive ketones (excluding diaryl/α,β-unsaturated/α-hetero) is 1. The molecule has 0 N–H and O–H groups in total. The van der Waals surface area contributed by atoms with Gasteiger partial charge in [0.15, 0.2) is 0 Å². The molecule has 0 aliphatic rings. The second kappa shape index (κ2) is 12.0. The van der Waals surface area contributed by atoms with Crippen LogP contribution in [0.5, 0.6) is 0 Å². The molecule has 0 radical (unpaired) electrons. The van der Waals surface area contributed by atoms with Crippen LogP contribution in [0.1, 0.15) is 36.2 Å². The molecule has 176 valence electrons. The van der Waals surface area contributed by atoms with E-state index < -0.39 is 7.82 Å². The topological polar surface area (TPSA) is 92.5 Å². The predicted molar refractivity (Wildman–Crippen MR) is 125 cm³/mol. The lowest BCUT2D eigenvalue weighted by Gasteiger charge is -2.15. The van der Waals surface area contributed by atoms with E-state index in [1.807, 2.05) is 55.5 Å². The van der Waals surface area contributed by atoms with Gasteiger partial charge in [-0.15, -0.1) is 5.10 Å². The van der Waals surface area contributed by atoms with E-state index in [2.05, 4.69) is 10.3 Å². The van der Waals surface area contributed by atoms with Gasteiger partial charge in [0.1, 0.15) is 5.78 Å². The number of rotatable bonds is 13. The highest BCUT2D eigenvalue weighted by atomic mass is 31.2. The van der Waals surface area contributed by atoms with E-state index in [1.165, 1.54) is 0 Å². The maximum absolute atomic E-state index is 12.5. The monoisotopic (exact) mass is 471 g/mol. The molecule has 0 atom stereocenters. The number of aromatic nitrogens is 3. The Morgan fingerprint density at radius 1 is 0.970 bits per heavy atom. The first-order chi connectivity index (χ1) is 15.9. The highest BCUT2D eigenvalue weighted by Crippen LogP contribution is 2.49. The van der Waals surface area contributed by atoms with E-state index in [4.69, 9.17) is 13.6 Å². The van der Waals surface area contributed by atoms with Crippen molar-refractivity contribution in [2.45, 2.75) is 40.0 Å². The van der Waals surface area contributed by atoms with Gasteiger partial charge in [-0.3, -0.25) is 18.4 Å². The van der Waals surface area contributed by atoms with Crippen LogP contribution in [0.4, 0.5) is 0 Å². The number of hydrogen-bond acceptors (Lipinski definition) is 7. The van der Waals surface area contributed by atoms with Gasteiger partial charge in [0, 0.05) is 19.3 Å². The lowest BCUT2D eigenvalue weighted by molar-refractivity contribution is -0.117. The van der Waals surface area contributed by atoms with Crippen LogP contribution in [0.15, 0.2) is 54.7 Å². The Balaban J connectivity index is 1.53. The molecule has 3 rings (SSSR count). The average molecular weight is 471 g/mol. The molecule has 0 amide bonds. The fourth-order valence-corrected chi connectivity index (χ4v) is 4.48. The summed E-state index contributed by atoms with van der Waals surface area (Å²) in [6.07, 6.45) is 3.01. The first-order valence-electron chi connectivity index (χ1n) is 11.0. The van der Waals surface area contributed by atoms with Crippen molar-refractivity contribution in [3.63, 3.8) is 0 Å². The predicted octanol–water partition coefficient (Wildman–Crippen LogP) is 4.67. The zero-order chi connectivity index (χ0) is 23.7. The van der Waals surface area contributed by atoms with Gasteiger partial charge in [-0.25, -0.2) is 9.25 Å². The Morgan fingerprint density at radius 2 is 1.67 bits per heavy atom. The van der Waals surface area contributed by atoms with Gasteiger partial charge in [-0.2, -0.15) is 0 Å². The fraction of sp³-hybridized carbons (Fsp3) is 0.375. The first kappa shape index (κ1) is 25.0. The molecule has 9 heteroatoms. The normalized spacial score (nSPS) is 11.6. The molecule has 0 bridgehead atoms. The summed E-state index contributed by atoms with van der Waals surface area (Å²) in [5.74, 6) is 0.177. The maximum Gasteiger partial charge on any atom is 0.474 e. The third kappa shape index (κ3) is 7.44. The van der Waals surface area contributed by atoms with E-state index in [1.54, 1.807) is 24.7 Å². The van der Waals surface area contributed by atoms with Crippen molar-refractivity contribution in [2.24, 2.45) is 0 Å². The quantitative estimate of drug-likeness (QED) is 0.335. The number of nitrogens with zero attached hydrogens (tertiary/aromatic N) is 3.